The van der Waals surface area contributed by atoms with E-state index >= 15 is 0 Å². The number of nitrogens with one attached hydrogen (secondary N) is 1. The van der Waals surface area contributed by atoms with Gasteiger partial charge in [0.05, 0.1) is 29.0 Å². The van der Waals surface area contributed by atoms with Gasteiger partial charge in [0.25, 0.3) is 0 Å². The number of para-hydroxylation sites is 1. The van der Waals surface area contributed by atoms with Crippen LogP contribution in [-0.2, 0) is 0 Å². The Morgan fingerprint density at radius 3 is 2.62 bits per heavy atom. The number of piperazine rings is 1. The van der Waals surface area contributed by atoms with Crippen molar-refractivity contribution in [3.63, 3.8) is 0 Å². The number of likely N-dealkylation sites (N-methyl/N-ethyl adjacent to an activating group) is 1. The lowest BCUT2D eigenvalue weighted by molar-refractivity contribution is 0.107. The van der Waals surface area contributed by atoms with Crippen LogP contribution in [0.15, 0.2) is 36.5 Å². The maximum Gasteiger partial charge on any atom is 0.124 e. The molecule has 0 spiro atoms. The predicted octanol–water partition coefficient (Wildman–Crippen LogP) is 4.69. The number of aromatic amines is 1. The van der Waals surface area contributed by atoms with Gasteiger partial charge in [-0.3, -0.25) is 14.8 Å². The van der Waals surface area contributed by atoms with E-state index in [9.17, 15) is 0 Å². The Bertz CT molecular complexity index is 1100. The van der Waals surface area contributed by atoms with Crippen LogP contribution in [0.3, 0.4) is 0 Å². The number of piperidine rings is 1. The topological polar surface area (TPSA) is 51.3 Å². The van der Waals surface area contributed by atoms with Crippen LogP contribution in [0, 0.1) is 6.92 Å². The van der Waals surface area contributed by atoms with E-state index in [1.165, 1.54) is 23.4 Å². The number of rotatable bonds is 3. The van der Waals surface area contributed by atoms with Gasteiger partial charge in [0.15, 0.2) is 0 Å². The number of nitrogens with zero attached hydrogens (tertiary/aromatic N) is 5. The van der Waals surface area contributed by atoms with Gasteiger partial charge in [0.1, 0.15) is 11.3 Å². The summed E-state index contributed by atoms with van der Waals surface area (Å²) in [6.07, 6.45) is 5.37. The predicted molar refractivity (Wildman–Crippen MR) is 131 cm³/mol. The number of anilines is 1. The van der Waals surface area contributed by atoms with E-state index < -0.39 is 0 Å². The fourth-order valence-electron chi connectivity index (χ4n) is 5.53. The maximum atomic E-state index is 5.21. The molecule has 6 nitrogen and oxygen atoms in total. The number of benzene rings is 1. The number of pyridine rings is 1. The lowest BCUT2D eigenvalue weighted by atomic mass is 9.92. The number of hydrogen-bond acceptors (Lipinski definition) is 5. The molecule has 2 aromatic heterocycles. The number of aryl methyl sites for hydroxylation is 1. The molecule has 0 radical (unpaired) electrons. The Morgan fingerprint density at radius 1 is 1.03 bits per heavy atom. The minimum absolute atomic E-state index is 0.150. The summed E-state index contributed by atoms with van der Waals surface area (Å²) in [7, 11) is 4.46. The van der Waals surface area contributed by atoms with Crippen molar-refractivity contribution >= 4 is 16.7 Å². The number of fused-ring (bicyclic) bond motifs is 1. The summed E-state index contributed by atoms with van der Waals surface area (Å²) in [5.41, 5.74) is 6.12. The Labute approximate surface area is 191 Å². The minimum Gasteiger partial charge on any atom is -0.367 e. The van der Waals surface area contributed by atoms with Gasteiger partial charge in [-0.05, 0) is 77.9 Å². The van der Waals surface area contributed by atoms with E-state index in [4.69, 9.17) is 9.97 Å². The Hall–Kier alpha value is -2.44. The number of likely N-dealkylation sites (tertiary alicyclic amines) is 1. The Morgan fingerprint density at radius 2 is 1.84 bits per heavy atom. The molecule has 32 heavy (non-hydrogen) atoms. The smallest absolute Gasteiger partial charge is 0.124 e. The second kappa shape index (κ2) is 8.16. The van der Waals surface area contributed by atoms with Crippen molar-refractivity contribution in [3.05, 3.63) is 53.6 Å². The molecule has 6 heteroatoms. The second-order valence-electron chi connectivity index (χ2n) is 10.3. The molecule has 170 valence electrons. The van der Waals surface area contributed by atoms with E-state index in [2.05, 4.69) is 78.8 Å². The van der Waals surface area contributed by atoms with Crippen molar-refractivity contribution in [2.75, 3.05) is 38.6 Å². The third-order valence-electron chi connectivity index (χ3n) is 7.79. The molecule has 2 aliphatic rings. The number of aromatic nitrogens is 3. The van der Waals surface area contributed by atoms with Crippen LogP contribution in [-0.4, -0.2) is 64.0 Å². The lowest BCUT2D eigenvalue weighted by Gasteiger charge is -2.46. The molecule has 0 unspecified atom stereocenters. The van der Waals surface area contributed by atoms with Crippen molar-refractivity contribution < 1.29 is 0 Å². The zero-order valence-corrected chi connectivity index (χ0v) is 20.1. The molecule has 1 N–H and O–H groups in total. The molecular formula is C26H36N6. The van der Waals surface area contributed by atoms with Gasteiger partial charge in [-0.1, -0.05) is 12.1 Å². The molecule has 1 aromatic carbocycles. The van der Waals surface area contributed by atoms with Crippen molar-refractivity contribution in [2.24, 2.45) is 0 Å². The van der Waals surface area contributed by atoms with Crippen LogP contribution in [0.25, 0.3) is 11.0 Å². The fraction of sp³-hybridized carbons (Fsp3) is 0.538. The first-order valence-corrected chi connectivity index (χ1v) is 11.9. The molecule has 2 fully saturated rings. The zero-order valence-electron chi connectivity index (χ0n) is 20.1. The van der Waals surface area contributed by atoms with Crippen LogP contribution in [0.4, 0.5) is 5.69 Å². The summed E-state index contributed by atoms with van der Waals surface area (Å²) in [5, 5.41) is 0. The second-order valence-corrected chi connectivity index (χ2v) is 10.3. The molecule has 4 heterocycles. The fourth-order valence-corrected chi connectivity index (χ4v) is 5.53. The molecule has 3 aromatic rings. The largest absolute Gasteiger partial charge is 0.367 e. The van der Waals surface area contributed by atoms with Gasteiger partial charge in [-0.15, -0.1) is 0 Å². The molecule has 0 bridgehead atoms. The molecule has 2 saturated heterocycles. The maximum absolute atomic E-state index is 5.21. The van der Waals surface area contributed by atoms with E-state index in [0.29, 0.717) is 6.04 Å². The molecule has 0 amide bonds. The van der Waals surface area contributed by atoms with Crippen molar-refractivity contribution in [2.45, 2.75) is 57.7 Å². The highest BCUT2D eigenvalue weighted by atomic mass is 15.3. The van der Waals surface area contributed by atoms with Gasteiger partial charge < -0.3 is 9.88 Å². The summed E-state index contributed by atoms with van der Waals surface area (Å²) >= 11 is 0. The number of hydrogen-bond donors (Lipinski definition) is 1. The average molecular weight is 433 g/mol. The van der Waals surface area contributed by atoms with E-state index in [0.717, 1.165) is 49.3 Å². The molecule has 5 rings (SSSR count). The molecular weight excluding hydrogens is 396 g/mol. The van der Waals surface area contributed by atoms with Gasteiger partial charge in [-0.25, -0.2) is 4.98 Å². The standard InChI is InChI=1S/C26H36N6/c1-18-9-8-14-27-23(18)20-11-7-13-22(31(20)5)25-28-19-10-6-12-21(24(19)29-25)32-16-15-30(4)26(2,3)17-32/h6,8-10,12,14,20,22H,7,11,13,15-17H2,1-5H3,(H,28,29)/t20-,22+/m0/s1. The first-order valence-electron chi connectivity index (χ1n) is 11.9. The first kappa shape index (κ1) is 21.4. The molecule has 0 aliphatic carbocycles. The SMILES string of the molecule is Cc1cccnc1[C@@H]1CCC[C@H](c2nc3c(N4CCN(C)C(C)(C)C4)cccc3[nH]2)N1C. The van der Waals surface area contributed by atoms with Gasteiger partial charge >= 0.3 is 0 Å². The summed E-state index contributed by atoms with van der Waals surface area (Å²) in [6, 6.07) is 11.4. The zero-order chi connectivity index (χ0) is 22.5. The Balaban J connectivity index is 1.47. The summed E-state index contributed by atoms with van der Waals surface area (Å²) < 4.78 is 0. The van der Waals surface area contributed by atoms with Crippen LogP contribution in [0.2, 0.25) is 0 Å². The first-order chi connectivity index (χ1) is 15.3. The number of H-pyrrole nitrogens is 1. The average Bonchev–Trinajstić information content (AvgIpc) is 3.20. The third kappa shape index (κ3) is 3.69. The van der Waals surface area contributed by atoms with E-state index in [1.807, 2.05) is 12.3 Å². The van der Waals surface area contributed by atoms with E-state index in [-0.39, 0.29) is 11.6 Å². The summed E-state index contributed by atoms with van der Waals surface area (Å²) in [5.74, 6) is 1.08. The van der Waals surface area contributed by atoms with Gasteiger partial charge in [0.2, 0.25) is 0 Å². The lowest BCUT2D eigenvalue weighted by Crippen LogP contribution is -2.57. The van der Waals surface area contributed by atoms with Gasteiger partial charge in [0, 0.05) is 31.4 Å². The third-order valence-corrected chi connectivity index (χ3v) is 7.79. The quantitative estimate of drug-likeness (QED) is 0.650. The minimum atomic E-state index is 0.150. The van der Waals surface area contributed by atoms with Crippen LogP contribution in [0.5, 0.6) is 0 Å². The summed E-state index contributed by atoms with van der Waals surface area (Å²) in [4.78, 5) is 21.1. The molecule has 2 aliphatic heterocycles. The Kier molecular flexibility index (Phi) is 5.46. The van der Waals surface area contributed by atoms with Crippen molar-refractivity contribution in [1.82, 2.24) is 24.8 Å². The highest BCUT2D eigenvalue weighted by Gasteiger charge is 2.34. The monoisotopic (exact) mass is 432 g/mol. The van der Waals surface area contributed by atoms with E-state index in [1.54, 1.807) is 0 Å². The van der Waals surface area contributed by atoms with Gasteiger partial charge in [-0.2, -0.15) is 0 Å². The van der Waals surface area contributed by atoms with Crippen LogP contribution in [0.1, 0.15) is 62.3 Å². The number of imidazole rings is 1. The van der Waals surface area contributed by atoms with Crippen LogP contribution >= 0.6 is 0 Å². The van der Waals surface area contributed by atoms with Crippen molar-refractivity contribution in [1.29, 1.82) is 0 Å². The highest BCUT2D eigenvalue weighted by Crippen LogP contribution is 2.41. The summed E-state index contributed by atoms with van der Waals surface area (Å²) in [6.45, 7) is 9.93. The highest BCUT2D eigenvalue weighted by molar-refractivity contribution is 5.89. The van der Waals surface area contributed by atoms with Crippen LogP contribution < -0.4 is 4.90 Å². The molecule has 0 saturated carbocycles. The molecule has 2 atom stereocenters. The van der Waals surface area contributed by atoms with Crippen molar-refractivity contribution in [3.8, 4) is 0 Å². The normalized spacial score (nSPS) is 24.8.